The summed E-state index contributed by atoms with van der Waals surface area (Å²) in [5.74, 6) is 0.595. The molecule has 1 rings (SSSR count). The number of likely N-dealkylation sites (N-methyl/N-ethyl adjacent to an activating group) is 1. The number of nitrogens with one attached hydrogen (secondary N) is 1. The minimum absolute atomic E-state index is 0. The van der Waals surface area contributed by atoms with Crippen LogP contribution >= 0.6 is 12.4 Å². The Morgan fingerprint density at radius 1 is 1.60 bits per heavy atom. The molecule has 2 nitrogen and oxygen atoms in total. The van der Waals surface area contributed by atoms with Gasteiger partial charge in [0.25, 0.3) is 0 Å². The highest BCUT2D eigenvalue weighted by molar-refractivity contribution is 5.85. The Labute approximate surface area is 68.4 Å². The predicted molar refractivity (Wildman–Crippen MR) is 44.5 cm³/mol. The summed E-state index contributed by atoms with van der Waals surface area (Å²) in [5.41, 5.74) is 0. The first-order chi connectivity index (χ1) is 4.34. The highest BCUT2D eigenvalue weighted by atomic mass is 35.5. The lowest BCUT2D eigenvalue weighted by atomic mass is 9.81. The lowest BCUT2D eigenvalue weighted by Crippen LogP contribution is -2.34. The van der Waals surface area contributed by atoms with Crippen molar-refractivity contribution in [3.05, 3.63) is 0 Å². The second-order valence-electron chi connectivity index (χ2n) is 2.82. The largest absolute Gasteiger partial charge is 0.392 e. The summed E-state index contributed by atoms with van der Waals surface area (Å²) in [5, 5.41) is 12.3. The summed E-state index contributed by atoms with van der Waals surface area (Å²) in [6.07, 6.45) is 3.67. The van der Waals surface area contributed by atoms with Gasteiger partial charge in [0.05, 0.1) is 6.10 Å². The van der Waals surface area contributed by atoms with Crippen LogP contribution < -0.4 is 5.32 Å². The van der Waals surface area contributed by atoms with Crippen molar-refractivity contribution >= 4 is 12.4 Å². The Morgan fingerprint density at radius 2 is 2.20 bits per heavy atom. The molecule has 0 aromatic rings. The van der Waals surface area contributed by atoms with E-state index in [0.717, 1.165) is 6.54 Å². The van der Waals surface area contributed by atoms with Crippen LogP contribution in [0.2, 0.25) is 0 Å². The molecule has 1 atom stereocenters. The lowest BCUT2D eigenvalue weighted by molar-refractivity contribution is 0.0641. The van der Waals surface area contributed by atoms with Crippen LogP contribution in [0.4, 0.5) is 0 Å². The molecule has 1 unspecified atom stereocenters. The van der Waals surface area contributed by atoms with Gasteiger partial charge in [-0.05, 0) is 25.8 Å². The minimum atomic E-state index is -0.0938. The number of hydrogen-bond donors (Lipinski definition) is 2. The number of rotatable bonds is 3. The third kappa shape index (κ3) is 2.45. The van der Waals surface area contributed by atoms with E-state index < -0.39 is 0 Å². The molecular weight excluding hydrogens is 150 g/mol. The van der Waals surface area contributed by atoms with Crippen molar-refractivity contribution in [2.45, 2.75) is 25.4 Å². The quantitative estimate of drug-likeness (QED) is 0.648. The summed E-state index contributed by atoms with van der Waals surface area (Å²) < 4.78 is 0. The number of halogens is 1. The van der Waals surface area contributed by atoms with Gasteiger partial charge in [-0.15, -0.1) is 12.4 Å². The molecule has 3 heteroatoms. The molecule has 1 saturated carbocycles. The van der Waals surface area contributed by atoms with Crippen LogP contribution in [0.15, 0.2) is 0 Å². The smallest absolute Gasteiger partial charge is 0.0692 e. The van der Waals surface area contributed by atoms with Crippen LogP contribution in [0.5, 0.6) is 0 Å². The van der Waals surface area contributed by atoms with Gasteiger partial charge in [-0.25, -0.2) is 0 Å². The SMILES string of the molecule is CNCC(O)C1CCC1.Cl. The van der Waals surface area contributed by atoms with Gasteiger partial charge in [0.1, 0.15) is 0 Å². The Bertz CT molecular complexity index is 85.7. The van der Waals surface area contributed by atoms with Gasteiger partial charge < -0.3 is 10.4 Å². The molecule has 0 amide bonds. The molecule has 1 aliphatic rings. The fourth-order valence-corrected chi connectivity index (χ4v) is 1.20. The third-order valence-corrected chi connectivity index (χ3v) is 2.11. The van der Waals surface area contributed by atoms with Crippen molar-refractivity contribution in [3.8, 4) is 0 Å². The van der Waals surface area contributed by atoms with E-state index in [0.29, 0.717) is 5.92 Å². The first-order valence-corrected chi connectivity index (χ1v) is 3.67. The molecule has 62 valence electrons. The fourth-order valence-electron chi connectivity index (χ4n) is 1.20. The highest BCUT2D eigenvalue weighted by Gasteiger charge is 2.24. The molecule has 0 aliphatic heterocycles. The Morgan fingerprint density at radius 3 is 2.50 bits per heavy atom. The topological polar surface area (TPSA) is 32.3 Å². The van der Waals surface area contributed by atoms with Crippen LogP contribution in [0.3, 0.4) is 0 Å². The monoisotopic (exact) mass is 165 g/mol. The van der Waals surface area contributed by atoms with Crippen molar-refractivity contribution in [2.24, 2.45) is 5.92 Å². The molecule has 0 saturated heterocycles. The molecular formula is C7H16ClNO. The second kappa shape index (κ2) is 4.94. The normalized spacial score (nSPS) is 21.0. The Kier molecular flexibility index (Phi) is 5.04. The van der Waals surface area contributed by atoms with Gasteiger partial charge in [-0.2, -0.15) is 0 Å². The van der Waals surface area contributed by atoms with E-state index in [-0.39, 0.29) is 18.5 Å². The standard InChI is InChI=1S/C7H15NO.ClH/c1-8-5-7(9)6-3-2-4-6;/h6-9H,2-5H2,1H3;1H. The van der Waals surface area contributed by atoms with E-state index in [1.165, 1.54) is 19.3 Å². The minimum Gasteiger partial charge on any atom is -0.392 e. The fraction of sp³-hybridized carbons (Fsp3) is 1.00. The van der Waals surface area contributed by atoms with Gasteiger partial charge in [0.15, 0.2) is 0 Å². The lowest BCUT2D eigenvalue weighted by Gasteiger charge is -2.29. The van der Waals surface area contributed by atoms with Gasteiger partial charge in [-0.3, -0.25) is 0 Å². The Hall–Kier alpha value is 0.210. The van der Waals surface area contributed by atoms with E-state index >= 15 is 0 Å². The average Bonchev–Trinajstić information content (AvgIpc) is 1.60. The molecule has 1 fully saturated rings. The highest BCUT2D eigenvalue weighted by Crippen LogP contribution is 2.28. The zero-order valence-corrected chi connectivity index (χ0v) is 7.16. The molecule has 0 aromatic heterocycles. The molecule has 0 bridgehead atoms. The van der Waals surface area contributed by atoms with E-state index in [4.69, 9.17) is 0 Å². The summed E-state index contributed by atoms with van der Waals surface area (Å²) in [7, 11) is 1.88. The predicted octanol–water partition coefficient (Wildman–Crippen LogP) is 0.789. The molecule has 0 heterocycles. The van der Waals surface area contributed by atoms with E-state index in [9.17, 15) is 5.11 Å². The number of aliphatic hydroxyl groups excluding tert-OH is 1. The molecule has 0 radical (unpaired) electrons. The molecule has 10 heavy (non-hydrogen) atoms. The van der Waals surface area contributed by atoms with Crippen LogP contribution in [-0.4, -0.2) is 24.8 Å². The number of aliphatic hydroxyl groups is 1. The maximum absolute atomic E-state index is 9.31. The maximum atomic E-state index is 9.31. The summed E-state index contributed by atoms with van der Waals surface area (Å²) in [6.45, 7) is 0.755. The van der Waals surface area contributed by atoms with Gasteiger partial charge in [0, 0.05) is 6.54 Å². The molecule has 2 N–H and O–H groups in total. The Balaban J connectivity index is 0.000000810. The van der Waals surface area contributed by atoms with Crippen molar-refractivity contribution < 1.29 is 5.11 Å². The van der Waals surface area contributed by atoms with E-state index in [1.54, 1.807) is 0 Å². The second-order valence-corrected chi connectivity index (χ2v) is 2.82. The summed E-state index contributed by atoms with van der Waals surface area (Å²) in [6, 6.07) is 0. The molecule has 0 aromatic carbocycles. The zero-order valence-electron chi connectivity index (χ0n) is 6.34. The van der Waals surface area contributed by atoms with Gasteiger partial charge >= 0.3 is 0 Å². The van der Waals surface area contributed by atoms with Gasteiger partial charge in [0.2, 0.25) is 0 Å². The van der Waals surface area contributed by atoms with Crippen molar-refractivity contribution in [3.63, 3.8) is 0 Å². The van der Waals surface area contributed by atoms with Crippen molar-refractivity contribution in [1.82, 2.24) is 5.32 Å². The maximum Gasteiger partial charge on any atom is 0.0692 e. The zero-order chi connectivity index (χ0) is 6.69. The summed E-state index contributed by atoms with van der Waals surface area (Å²) in [4.78, 5) is 0. The average molecular weight is 166 g/mol. The van der Waals surface area contributed by atoms with E-state index in [2.05, 4.69) is 5.32 Å². The first kappa shape index (κ1) is 10.2. The van der Waals surface area contributed by atoms with Crippen molar-refractivity contribution in [1.29, 1.82) is 0 Å². The first-order valence-electron chi connectivity index (χ1n) is 3.67. The van der Waals surface area contributed by atoms with Crippen molar-refractivity contribution in [2.75, 3.05) is 13.6 Å². The van der Waals surface area contributed by atoms with Gasteiger partial charge in [-0.1, -0.05) is 6.42 Å². The van der Waals surface area contributed by atoms with E-state index in [1.807, 2.05) is 7.05 Å². The number of hydrogen-bond acceptors (Lipinski definition) is 2. The third-order valence-electron chi connectivity index (χ3n) is 2.11. The summed E-state index contributed by atoms with van der Waals surface area (Å²) >= 11 is 0. The van der Waals surface area contributed by atoms with Crippen LogP contribution in [-0.2, 0) is 0 Å². The van der Waals surface area contributed by atoms with Crippen LogP contribution in [0, 0.1) is 5.92 Å². The molecule has 1 aliphatic carbocycles. The molecule has 0 spiro atoms. The van der Waals surface area contributed by atoms with Crippen LogP contribution in [0.25, 0.3) is 0 Å². The van der Waals surface area contributed by atoms with Crippen LogP contribution in [0.1, 0.15) is 19.3 Å².